The van der Waals surface area contributed by atoms with Gasteiger partial charge in [0.15, 0.2) is 0 Å². The van der Waals surface area contributed by atoms with Crippen molar-refractivity contribution in [3.05, 3.63) is 70.8 Å². The second-order valence-electron chi connectivity index (χ2n) is 8.57. The van der Waals surface area contributed by atoms with Gasteiger partial charge in [-0.15, -0.1) is 0 Å². The third-order valence-electron chi connectivity index (χ3n) is 5.69. The maximum absolute atomic E-state index is 13.1. The van der Waals surface area contributed by atoms with Gasteiger partial charge in [-0.05, 0) is 62.3 Å². The zero-order valence-electron chi connectivity index (χ0n) is 19.5. The molecule has 0 aromatic heterocycles. The summed E-state index contributed by atoms with van der Waals surface area (Å²) in [5.74, 6) is -0.369. The molecule has 6 nitrogen and oxygen atoms in total. The van der Waals surface area contributed by atoms with Crippen molar-refractivity contribution < 1.29 is 19.4 Å². The minimum absolute atomic E-state index is 0.121. The van der Waals surface area contributed by atoms with Crippen molar-refractivity contribution in [2.75, 3.05) is 33.8 Å². The lowest BCUT2D eigenvalue weighted by Gasteiger charge is -2.27. The molecule has 2 aromatic rings. The van der Waals surface area contributed by atoms with Crippen LogP contribution in [0.5, 0.6) is 5.75 Å². The summed E-state index contributed by atoms with van der Waals surface area (Å²) in [4.78, 5) is 29.5. The number of likely N-dealkylation sites (N-methyl/N-ethyl adjacent to an activating group) is 1. The Hall–Kier alpha value is -3.12. The fourth-order valence-corrected chi connectivity index (χ4v) is 3.86. The molecule has 0 spiro atoms. The SMILES string of the molecule is CCOc1ccc(/C(O)=C2/C(=O)C(=O)N(CCN(C)C)C2c2ccc(C(C)C)cc2)cc1. The number of hydrogen-bond acceptors (Lipinski definition) is 5. The molecule has 0 radical (unpaired) electrons. The van der Waals surface area contributed by atoms with Crippen LogP contribution in [-0.2, 0) is 9.59 Å². The van der Waals surface area contributed by atoms with Gasteiger partial charge in [0.2, 0.25) is 0 Å². The van der Waals surface area contributed by atoms with E-state index >= 15 is 0 Å². The molecule has 0 bridgehead atoms. The number of hydrogen-bond donors (Lipinski definition) is 1. The Morgan fingerprint density at radius 2 is 1.69 bits per heavy atom. The average Bonchev–Trinajstić information content (AvgIpc) is 3.02. The molecule has 3 rings (SSSR count). The van der Waals surface area contributed by atoms with E-state index in [4.69, 9.17) is 4.74 Å². The Morgan fingerprint density at radius 1 is 1.06 bits per heavy atom. The van der Waals surface area contributed by atoms with E-state index < -0.39 is 17.7 Å². The summed E-state index contributed by atoms with van der Waals surface area (Å²) in [6.45, 7) is 7.65. The van der Waals surface area contributed by atoms with Crippen LogP contribution in [0.3, 0.4) is 0 Å². The number of likely N-dealkylation sites (tertiary alicyclic amines) is 1. The van der Waals surface area contributed by atoms with Crippen LogP contribution in [0.2, 0.25) is 0 Å². The lowest BCUT2D eigenvalue weighted by atomic mass is 9.93. The maximum atomic E-state index is 13.1. The molecule has 1 atom stereocenters. The minimum atomic E-state index is -0.659. The van der Waals surface area contributed by atoms with Gasteiger partial charge in [0.05, 0.1) is 18.2 Å². The van der Waals surface area contributed by atoms with Crippen LogP contribution in [0, 0.1) is 0 Å². The molecule has 32 heavy (non-hydrogen) atoms. The summed E-state index contributed by atoms with van der Waals surface area (Å²) in [7, 11) is 3.84. The second kappa shape index (κ2) is 10.0. The predicted octanol–water partition coefficient (Wildman–Crippen LogP) is 4.19. The Bertz CT molecular complexity index is 991. The molecule has 1 amide bonds. The van der Waals surface area contributed by atoms with E-state index in [2.05, 4.69) is 13.8 Å². The summed E-state index contributed by atoms with van der Waals surface area (Å²) < 4.78 is 5.46. The van der Waals surface area contributed by atoms with Crippen molar-refractivity contribution in [1.29, 1.82) is 0 Å². The molecule has 0 saturated carbocycles. The highest BCUT2D eigenvalue weighted by molar-refractivity contribution is 6.46. The third-order valence-corrected chi connectivity index (χ3v) is 5.69. The Labute approximate surface area is 190 Å². The number of aliphatic hydroxyl groups is 1. The topological polar surface area (TPSA) is 70.1 Å². The number of carbonyl (C=O) groups is 2. The molecule has 1 aliphatic heterocycles. The van der Waals surface area contributed by atoms with Gasteiger partial charge < -0.3 is 19.6 Å². The first kappa shape index (κ1) is 23.5. The third kappa shape index (κ3) is 4.86. The number of amides is 1. The number of Topliss-reactive ketones (excluding diaryl/α,β-unsaturated/α-hetero) is 1. The fourth-order valence-electron chi connectivity index (χ4n) is 3.86. The molecular formula is C26H32N2O4. The zero-order valence-corrected chi connectivity index (χ0v) is 19.5. The molecule has 1 aliphatic rings. The zero-order chi connectivity index (χ0) is 23.4. The van der Waals surface area contributed by atoms with Gasteiger partial charge in [0, 0.05) is 18.7 Å². The normalized spacial score (nSPS) is 18.1. The molecular weight excluding hydrogens is 404 g/mol. The van der Waals surface area contributed by atoms with E-state index in [0.29, 0.717) is 36.9 Å². The van der Waals surface area contributed by atoms with Crippen LogP contribution in [0.15, 0.2) is 54.1 Å². The second-order valence-corrected chi connectivity index (χ2v) is 8.57. The highest BCUT2D eigenvalue weighted by Gasteiger charge is 2.45. The molecule has 1 heterocycles. The lowest BCUT2D eigenvalue weighted by Crippen LogP contribution is -2.35. The molecule has 2 aromatic carbocycles. The van der Waals surface area contributed by atoms with Crippen LogP contribution in [0.1, 0.15) is 49.4 Å². The summed E-state index contributed by atoms with van der Waals surface area (Å²) in [5, 5.41) is 11.1. The number of carbonyl (C=O) groups excluding carboxylic acids is 2. The molecule has 1 saturated heterocycles. The van der Waals surface area contributed by atoms with E-state index in [1.54, 1.807) is 29.2 Å². The van der Waals surface area contributed by atoms with Gasteiger partial charge in [0.1, 0.15) is 11.5 Å². The van der Waals surface area contributed by atoms with Crippen molar-refractivity contribution in [3.63, 3.8) is 0 Å². The number of ketones is 1. The fraction of sp³-hybridized carbons (Fsp3) is 0.385. The standard InChI is InChI=1S/C26H32N2O4/c1-6-32-21-13-11-20(12-14-21)24(29)22-23(19-9-7-18(8-10-19)17(2)3)28(16-15-27(4)5)26(31)25(22)30/h7-14,17,23,29H,6,15-16H2,1-5H3/b24-22-. The van der Waals surface area contributed by atoms with Crippen LogP contribution in [-0.4, -0.2) is 60.4 Å². The molecule has 1 N–H and O–H groups in total. The Morgan fingerprint density at radius 3 is 2.22 bits per heavy atom. The molecule has 6 heteroatoms. The smallest absolute Gasteiger partial charge is 0.295 e. The van der Waals surface area contributed by atoms with E-state index in [0.717, 1.165) is 5.56 Å². The van der Waals surface area contributed by atoms with Gasteiger partial charge in [-0.2, -0.15) is 0 Å². The van der Waals surface area contributed by atoms with Crippen molar-refractivity contribution in [2.45, 2.75) is 32.7 Å². The predicted molar refractivity (Wildman–Crippen MR) is 126 cm³/mol. The highest BCUT2D eigenvalue weighted by Crippen LogP contribution is 2.39. The first-order valence-electron chi connectivity index (χ1n) is 11.0. The highest BCUT2D eigenvalue weighted by atomic mass is 16.5. The van der Waals surface area contributed by atoms with E-state index in [1.165, 1.54) is 5.56 Å². The van der Waals surface area contributed by atoms with Crippen LogP contribution < -0.4 is 4.74 Å². The number of rotatable bonds is 8. The molecule has 1 fully saturated rings. The summed E-state index contributed by atoms with van der Waals surface area (Å²) in [5.41, 5.74) is 2.57. The quantitative estimate of drug-likeness (QED) is 0.382. The minimum Gasteiger partial charge on any atom is -0.507 e. The van der Waals surface area contributed by atoms with Gasteiger partial charge in [-0.1, -0.05) is 38.1 Å². The Kier molecular flexibility index (Phi) is 7.36. The van der Waals surface area contributed by atoms with Crippen LogP contribution in [0.25, 0.3) is 5.76 Å². The van der Waals surface area contributed by atoms with E-state index in [9.17, 15) is 14.7 Å². The van der Waals surface area contributed by atoms with E-state index in [1.807, 2.05) is 50.2 Å². The number of aliphatic hydroxyl groups excluding tert-OH is 1. The van der Waals surface area contributed by atoms with Crippen LogP contribution in [0.4, 0.5) is 0 Å². The maximum Gasteiger partial charge on any atom is 0.295 e. The monoisotopic (exact) mass is 436 g/mol. The molecule has 1 unspecified atom stereocenters. The summed E-state index contributed by atoms with van der Waals surface area (Å²) >= 11 is 0. The van der Waals surface area contributed by atoms with Crippen molar-refractivity contribution in [2.24, 2.45) is 0 Å². The molecule has 170 valence electrons. The number of benzene rings is 2. The van der Waals surface area contributed by atoms with Crippen molar-refractivity contribution >= 4 is 17.4 Å². The largest absolute Gasteiger partial charge is 0.507 e. The van der Waals surface area contributed by atoms with Gasteiger partial charge >= 0.3 is 0 Å². The van der Waals surface area contributed by atoms with E-state index in [-0.39, 0.29) is 11.3 Å². The number of ether oxygens (including phenoxy) is 1. The van der Waals surface area contributed by atoms with Crippen molar-refractivity contribution in [1.82, 2.24) is 9.80 Å². The first-order chi connectivity index (χ1) is 15.2. The average molecular weight is 437 g/mol. The number of nitrogens with zero attached hydrogens (tertiary/aromatic N) is 2. The van der Waals surface area contributed by atoms with Gasteiger partial charge in [0.25, 0.3) is 11.7 Å². The summed E-state index contributed by atoms with van der Waals surface area (Å²) in [6.07, 6.45) is 0. The van der Waals surface area contributed by atoms with Crippen molar-refractivity contribution in [3.8, 4) is 5.75 Å². The lowest BCUT2D eigenvalue weighted by molar-refractivity contribution is -0.140. The van der Waals surface area contributed by atoms with Gasteiger partial charge in [-0.3, -0.25) is 9.59 Å². The first-order valence-corrected chi connectivity index (χ1v) is 11.0. The van der Waals surface area contributed by atoms with Crippen LogP contribution >= 0.6 is 0 Å². The summed E-state index contributed by atoms with van der Waals surface area (Å²) in [6, 6.07) is 14.2. The Balaban J connectivity index is 2.08. The molecule has 0 aliphatic carbocycles. The van der Waals surface area contributed by atoms with Gasteiger partial charge in [-0.25, -0.2) is 0 Å².